The minimum Gasteiger partial charge on any atom is -0.550 e. The lowest BCUT2D eigenvalue weighted by molar-refractivity contribution is -0.933. The Morgan fingerprint density at radius 3 is 1.83 bits per heavy atom. The highest BCUT2D eigenvalue weighted by molar-refractivity contribution is 5.66. The molecule has 0 spiro atoms. The number of nitrogens with zero attached hydrogens (tertiary/aromatic N) is 1. The van der Waals surface area contributed by atoms with Crippen LogP contribution in [0, 0.1) is 5.92 Å². The summed E-state index contributed by atoms with van der Waals surface area (Å²) in [5.41, 5.74) is 0. The van der Waals surface area contributed by atoms with Crippen molar-refractivity contribution in [1.82, 2.24) is 0 Å². The molecule has 0 rings (SSSR count). The molecule has 6 heteroatoms. The molecule has 6 nitrogen and oxygen atoms in total. The standard InChI is InChI=1S/C23H43NO5/c1-4-6-8-10-12-21(26)18-24(16-17-25,15-14-20(3)23(28)29)19-22(27)13-11-9-7-5-2/h10-13,20-22,25-27H,4-9,14-19H2,1-3H3/b12-10+,13-11+. The Morgan fingerprint density at radius 1 is 0.966 bits per heavy atom. The van der Waals surface area contributed by atoms with Gasteiger partial charge in [-0.1, -0.05) is 70.8 Å². The van der Waals surface area contributed by atoms with Gasteiger partial charge in [-0.05, 0) is 12.8 Å². The van der Waals surface area contributed by atoms with E-state index in [-0.39, 0.29) is 11.1 Å². The Morgan fingerprint density at radius 2 is 1.45 bits per heavy atom. The number of allylic oxidation sites excluding steroid dienone is 2. The zero-order valence-corrected chi connectivity index (χ0v) is 18.6. The van der Waals surface area contributed by atoms with E-state index in [0.29, 0.717) is 32.6 Å². The Bertz CT molecular complexity index is 452. The molecule has 29 heavy (non-hydrogen) atoms. The van der Waals surface area contributed by atoms with Gasteiger partial charge in [0.25, 0.3) is 0 Å². The highest BCUT2D eigenvalue weighted by Gasteiger charge is 2.32. The van der Waals surface area contributed by atoms with E-state index in [1.165, 1.54) is 0 Å². The molecule has 0 aromatic rings. The number of carboxylic acid groups (broad SMARTS) is 1. The molecule has 0 heterocycles. The molecule has 0 saturated heterocycles. The molecule has 0 fully saturated rings. The van der Waals surface area contributed by atoms with Gasteiger partial charge < -0.3 is 29.7 Å². The Hall–Kier alpha value is -1.21. The fraction of sp³-hybridized carbons (Fsp3) is 0.783. The van der Waals surface area contributed by atoms with Crippen molar-refractivity contribution in [2.24, 2.45) is 5.92 Å². The average molecular weight is 414 g/mol. The number of carbonyl (C=O) groups excluding carboxylic acids is 1. The molecular formula is C23H43NO5. The van der Waals surface area contributed by atoms with E-state index in [2.05, 4.69) is 13.8 Å². The highest BCUT2D eigenvalue weighted by atomic mass is 16.4. The van der Waals surface area contributed by atoms with Crippen molar-refractivity contribution >= 4 is 5.97 Å². The number of aliphatic hydroxyl groups excluding tert-OH is 3. The van der Waals surface area contributed by atoms with Gasteiger partial charge in [0.15, 0.2) is 0 Å². The van der Waals surface area contributed by atoms with Crippen LogP contribution in [0.2, 0.25) is 0 Å². The Kier molecular flexibility index (Phi) is 15.9. The predicted molar refractivity (Wildman–Crippen MR) is 115 cm³/mol. The number of rotatable bonds is 18. The normalized spacial score (nSPS) is 17.4. The van der Waals surface area contributed by atoms with Gasteiger partial charge in [-0.15, -0.1) is 0 Å². The van der Waals surface area contributed by atoms with E-state index < -0.39 is 24.1 Å². The summed E-state index contributed by atoms with van der Waals surface area (Å²) in [5, 5.41) is 41.8. The van der Waals surface area contributed by atoms with Crippen LogP contribution in [-0.4, -0.2) is 70.8 Å². The molecule has 0 amide bonds. The van der Waals surface area contributed by atoms with Crippen molar-refractivity contribution in [3.8, 4) is 0 Å². The van der Waals surface area contributed by atoms with Gasteiger partial charge in [-0.2, -0.15) is 0 Å². The zero-order valence-electron chi connectivity index (χ0n) is 18.6. The second kappa shape index (κ2) is 16.6. The number of quaternary nitrogens is 1. The van der Waals surface area contributed by atoms with Crippen LogP contribution in [0.4, 0.5) is 0 Å². The van der Waals surface area contributed by atoms with Gasteiger partial charge >= 0.3 is 0 Å². The quantitative estimate of drug-likeness (QED) is 0.181. The molecule has 3 unspecified atom stereocenters. The van der Waals surface area contributed by atoms with Gasteiger partial charge in [0.1, 0.15) is 31.8 Å². The summed E-state index contributed by atoms with van der Waals surface area (Å²) in [4.78, 5) is 11.1. The minimum atomic E-state index is -1.10. The molecule has 0 radical (unpaired) electrons. The van der Waals surface area contributed by atoms with Crippen LogP contribution in [-0.2, 0) is 4.79 Å². The first-order chi connectivity index (χ1) is 13.8. The van der Waals surface area contributed by atoms with Crippen LogP contribution in [0.1, 0.15) is 65.7 Å². The van der Waals surface area contributed by atoms with Crippen LogP contribution < -0.4 is 5.11 Å². The van der Waals surface area contributed by atoms with Crippen molar-refractivity contribution < 1.29 is 29.7 Å². The van der Waals surface area contributed by atoms with E-state index >= 15 is 0 Å². The number of carboxylic acids is 1. The number of hydrogen-bond donors (Lipinski definition) is 3. The van der Waals surface area contributed by atoms with E-state index in [1.54, 1.807) is 19.1 Å². The Balaban J connectivity index is 5.27. The van der Waals surface area contributed by atoms with E-state index in [1.807, 2.05) is 12.2 Å². The molecule has 170 valence electrons. The van der Waals surface area contributed by atoms with Crippen LogP contribution in [0.5, 0.6) is 0 Å². The van der Waals surface area contributed by atoms with Crippen molar-refractivity contribution in [2.45, 2.75) is 77.9 Å². The Labute approximate surface area is 177 Å². The van der Waals surface area contributed by atoms with Crippen molar-refractivity contribution in [1.29, 1.82) is 0 Å². The van der Waals surface area contributed by atoms with Gasteiger partial charge in [-0.3, -0.25) is 0 Å². The van der Waals surface area contributed by atoms with Crippen molar-refractivity contribution in [2.75, 3.05) is 32.8 Å². The third kappa shape index (κ3) is 13.6. The summed E-state index contributed by atoms with van der Waals surface area (Å²) < 4.78 is 0.257. The smallest absolute Gasteiger partial charge is 0.121 e. The maximum absolute atomic E-state index is 11.1. The first-order valence-electron chi connectivity index (χ1n) is 11.2. The molecular weight excluding hydrogens is 370 g/mol. The molecule has 3 N–H and O–H groups in total. The lowest BCUT2D eigenvalue weighted by atomic mass is 10.1. The lowest BCUT2D eigenvalue weighted by Gasteiger charge is -2.41. The van der Waals surface area contributed by atoms with Gasteiger partial charge in [0, 0.05) is 18.3 Å². The zero-order chi connectivity index (χ0) is 22.1. The minimum absolute atomic E-state index is 0.0990. The molecule has 0 aliphatic rings. The second-order valence-electron chi connectivity index (χ2n) is 8.16. The summed E-state index contributed by atoms with van der Waals surface area (Å²) in [6.45, 7) is 7.16. The second-order valence-corrected chi connectivity index (χ2v) is 8.16. The number of hydrogen-bond acceptors (Lipinski definition) is 5. The molecule has 0 bridgehead atoms. The number of unbranched alkanes of at least 4 members (excludes halogenated alkanes) is 4. The molecule has 0 aromatic heterocycles. The summed E-state index contributed by atoms with van der Waals surface area (Å²) in [5.74, 6) is -1.73. The number of carbonyl (C=O) groups is 1. The molecule has 0 saturated carbocycles. The average Bonchev–Trinajstić information content (AvgIpc) is 2.67. The highest BCUT2D eigenvalue weighted by Crippen LogP contribution is 2.16. The monoisotopic (exact) mass is 413 g/mol. The SMILES string of the molecule is CCCC/C=C/C(O)C[N+](CCO)(CCC(C)C(=O)[O-])CC(O)/C=C/CCCC. The van der Waals surface area contributed by atoms with E-state index in [4.69, 9.17) is 0 Å². The fourth-order valence-electron chi connectivity index (χ4n) is 3.41. The summed E-state index contributed by atoms with van der Waals surface area (Å²) in [6, 6.07) is 0. The van der Waals surface area contributed by atoms with Crippen LogP contribution >= 0.6 is 0 Å². The van der Waals surface area contributed by atoms with Gasteiger partial charge in [-0.25, -0.2) is 0 Å². The molecule has 3 atom stereocenters. The van der Waals surface area contributed by atoms with E-state index in [9.17, 15) is 25.2 Å². The first-order valence-corrected chi connectivity index (χ1v) is 11.2. The maximum atomic E-state index is 11.1. The van der Waals surface area contributed by atoms with Crippen LogP contribution in [0.25, 0.3) is 0 Å². The summed E-state index contributed by atoms with van der Waals surface area (Å²) in [7, 11) is 0. The largest absolute Gasteiger partial charge is 0.550 e. The van der Waals surface area contributed by atoms with Crippen LogP contribution in [0.3, 0.4) is 0 Å². The number of aliphatic carboxylic acids is 1. The van der Waals surface area contributed by atoms with Crippen molar-refractivity contribution in [3.05, 3.63) is 24.3 Å². The van der Waals surface area contributed by atoms with E-state index in [0.717, 1.165) is 38.5 Å². The summed E-state index contributed by atoms with van der Waals surface area (Å²) in [6.07, 6.45) is 12.5. The first kappa shape index (κ1) is 27.8. The molecule has 0 aliphatic carbocycles. The van der Waals surface area contributed by atoms with Gasteiger partial charge in [0.05, 0.1) is 13.2 Å². The molecule has 0 aliphatic heterocycles. The van der Waals surface area contributed by atoms with Crippen molar-refractivity contribution in [3.63, 3.8) is 0 Å². The third-order valence-electron chi connectivity index (χ3n) is 5.33. The van der Waals surface area contributed by atoms with Crippen LogP contribution in [0.15, 0.2) is 24.3 Å². The van der Waals surface area contributed by atoms with Gasteiger partial charge in [0.2, 0.25) is 0 Å². The fourth-order valence-corrected chi connectivity index (χ4v) is 3.41. The molecule has 0 aromatic carbocycles. The summed E-state index contributed by atoms with van der Waals surface area (Å²) >= 11 is 0. The third-order valence-corrected chi connectivity index (χ3v) is 5.33. The maximum Gasteiger partial charge on any atom is 0.121 e. The predicted octanol–water partition coefficient (Wildman–Crippen LogP) is 1.79. The lowest BCUT2D eigenvalue weighted by Crippen LogP contribution is -2.57. The number of aliphatic hydroxyl groups is 3. The topological polar surface area (TPSA) is 101 Å².